The Morgan fingerprint density at radius 1 is 1.19 bits per heavy atom. The van der Waals surface area contributed by atoms with Crippen LogP contribution in [0.5, 0.6) is 0 Å². The zero-order chi connectivity index (χ0) is 19.6. The molecule has 1 aromatic heterocycles. The molecular formula is C18H19N3O5S. The Hall–Kier alpha value is -2.81. The number of rotatable bonds is 5. The molecule has 8 nitrogen and oxygen atoms in total. The second kappa shape index (κ2) is 7.83. The number of benzene rings is 1. The average Bonchev–Trinajstić information content (AvgIpc) is 3.10. The molecule has 1 aliphatic heterocycles. The number of ether oxygens (including phenoxy) is 1. The van der Waals surface area contributed by atoms with Crippen LogP contribution in [0.25, 0.3) is 10.2 Å². The van der Waals surface area contributed by atoms with Gasteiger partial charge in [0.05, 0.1) is 16.8 Å². The highest BCUT2D eigenvalue weighted by atomic mass is 32.1. The zero-order valence-corrected chi connectivity index (χ0v) is 15.9. The molecule has 0 atom stereocenters. The molecule has 2 heterocycles. The van der Waals surface area contributed by atoms with Gasteiger partial charge in [0.25, 0.3) is 5.91 Å². The van der Waals surface area contributed by atoms with E-state index in [1.807, 2.05) is 25.1 Å². The predicted octanol–water partition coefficient (Wildman–Crippen LogP) is 1.15. The van der Waals surface area contributed by atoms with Crippen molar-refractivity contribution in [3.63, 3.8) is 0 Å². The number of hydrogen-bond acceptors (Lipinski definition) is 6. The minimum atomic E-state index is -0.611. The van der Waals surface area contributed by atoms with Crippen molar-refractivity contribution in [2.24, 2.45) is 4.99 Å². The molecule has 0 aliphatic carbocycles. The van der Waals surface area contributed by atoms with Gasteiger partial charge in [-0.05, 0) is 25.5 Å². The first-order valence-electron chi connectivity index (χ1n) is 8.56. The molecule has 0 saturated carbocycles. The number of likely N-dealkylation sites (tertiary alicyclic amines) is 1. The van der Waals surface area contributed by atoms with Crippen LogP contribution in [0, 0.1) is 6.92 Å². The highest BCUT2D eigenvalue weighted by molar-refractivity contribution is 7.16. The molecule has 1 aliphatic rings. The number of thiazole rings is 1. The van der Waals surface area contributed by atoms with Crippen LogP contribution in [0.2, 0.25) is 0 Å². The molecule has 0 spiro atoms. The normalized spacial score (nSPS) is 15.0. The Morgan fingerprint density at radius 3 is 2.56 bits per heavy atom. The van der Waals surface area contributed by atoms with Crippen LogP contribution in [-0.4, -0.2) is 46.3 Å². The number of hydrogen-bond donors (Lipinski definition) is 0. The maximum atomic E-state index is 12.3. The van der Waals surface area contributed by atoms with Crippen LogP contribution in [0.4, 0.5) is 0 Å². The second-order valence-corrected chi connectivity index (χ2v) is 7.09. The van der Waals surface area contributed by atoms with E-state index in [0.717, 1.165) is 20.7 Å². The van der Waals surface area contributed by atoms with Gasteiger partial charge in [-0.25, -0.2) is 0 Å². The minimum absolute atomic E-state index is 0.0770. The van der Waals surface area contributed by atoms with Gasteiger partial charge >= 0.3 is 5.97 Å². The van der Waals surface area contributed by atoms with Crippen LogP contribution in [-0.2, 0) is 30.5 Å². The fourth-order valence-electron chi connectivity index (χ4n) is 2.95. The van der Waals surface area contributed by atoms with E-state index in [4.69, 9.17) is 4.74 Å². The van der Waals surface area contributed by atoms with Gasteiger partial charge in [-0.1, -0.05) is 23.5 Å². The van der Waals surface area contributed by atoms with E-state index in [-0.39, 0.29) is 44.4 Å². The standard InChI is InChI=1S/C18H19N3O5S/c1-3-26-16(25)10-21-17-11(2)5-4-6-12(17)27-18(21)19-13(22)9-20-14(23)7-8-15(20)24/h4-6H,3,7-10H2,1-2H3. The van der Waals surface area contributed by atoms with Crippen molar-refractivity contribution in [3.8, 4) is 0 Å². The van der Waals surface area contributed by atoms with Gasteiger partial charge in [0.15, 0.2) is 4.80 Å². The average molecular weight is 389 g/mol. The number of nitrogens with zero attached hydrogens (tertiary/aromatic N) is 3. The Morgan fingerprint density at radius 2 is 1.89 bits per heavy atom. The number of fused-ring (bicyclic) bond motifs is 1. The minimum Gasteiger partial charge on any atom is -0.465 e. The third kappa shape index (κ3) is 3.97. The molecule has 1 fully saturated rings. The van der Waals surface area contributed by atoms with E-state index in [1.165, 1.54) is 11.3 Å². The third-order valence-corrected chi connectivity index (χ3v) is 5.21. The quantitative estimate of drug-likeness (QED) is 0.564. The van der Waals surface area contributed by atoms with Crippen molar-refractivity contribution in [2.45, 2.75) is 33.2 Å². The SMILES string of the molecule is CCOC(=O)Cn1c(=NC(=O)CN2C(=O)CCC2=O)sc2cccc(C)c21. The lowest BCUT2D eigenvalue weighted by Gasteiger charge is -2.10. The summed E-state index contributed by atoms with van der Waals surface area (Å²) < 4.78 is 7.53. The Labute approximate surface area is 159 Å². The number of para-hydroxylation sites is 1. The second-order valence-electron chi connectivity index (χ2n) is 6.08. The molecule has 1 saturated heterocycles. The largest absolute Gasteiger partial charge is 0.465 e. The van der Waals surface area contributed by atoms with Gasteiger partial charge in [-0.3, -0.25) is 24.1 Å². The van der Waals surface area contributed by atoms with E-state index in [9.17, 15) is 19.2 Å². The number of amides is 3. The van der Waals surface area contributed by atoms with Crippen LogP contribution in [0.3, 0.4) is 0 Å². The third-order valence-electron chi connectivity index (χ3n) is 4.16. The van der Waals surface area contributed by atoms with Crippen molar-refractivity contribution < 1.29 is 23.9 Å². The summed E-state index contributed by atoms with van der Waals surface area (Å²) in [5, 5.41) is 0. The summed E-state index contributed by atoms with van der Waals surface area (Å²) in [7, 11) is 0. The number of esters is 1. The molecule has 9 heteroatoms. The van der Waals surface area contributed by atoms with Crippen LogP contribution < -0.4 is 4.80 Å². The van der Waals surface area contributed by atoms with E-state index >= 15 is 0 Å². The lowest BCUT2D eigenvalue weighted by Crippen LogP contribution is -2.34. The van der Waals surface area contributed by atoms with E-state index in [2.05, 4.69) is 4.99 Å². The molecule has 3 amide bonds. The summed E-state index contributed by atoms with van der Waals surface area (Å²) in [5.74, 6) is -1.77. The highest BCUT2D eigenvalue weighted by Crippen LogP contribution is 2.21. The van der Waals surface area contributed by atoms with Crippen molar-refractivity contribution >= 4 is 45.2 Å². The molecule has 3 rings (SSSR count). The number of imide groups is 1. The number of carbonyl (C=O) groups excluding carboxylic acids is 4. The summed E-state index contributed by atoms with van der Waals surface area (Å²) in [6.07, 6.45) is 0.244. The van der Waals surface area contributed by atoms with Crippen LogP contribution in [0.1, 0.15) is 25.3 Å². The van der Waals surface area contributed by atoms with Crippen LogP contribution in [0.15, 0.2) is 23.2 Å². The predicted molar refractivity (Wildman–Crippen MR) is 97.7 cm³/mol. The summed E-state index contributed by atoms with van der Waals surface area (Å²) in [6, 6.07) is 5.67. The van der Waals surface area contributed by atoms with Gasteiger partial charge in [-0.2, -0.15) is 4.99 Å². The van der Waals surface area contributed by atoms with Crippen molar-refractivity contribution in [3.05, 3.63) is 28.6 Å². The molecule has 0 radical (unpaired) electrons. The smallest absolute Gasteiger partial charge is 0.326 e. The van der Waals surface area contributed by atoms with Crippen molar-refractivity contribution in [1.82, 2.24) is 9.47 Å². The van der Waals surface area contributed by atoms with Gasteiger partial charge in [0.2, 0.25) is 11.8 Å². The number of carbonyl (C=O) groups is 4. The fourth-order valence-corrected chi connectivity index (χ4v) is 4.08. The Balaban J connectivity index is 1.99. The first-order valence-corrected chi connectivity index (χ1v) is 9.37. The lowest BCUT2D eigenvalue weighted by molar-refractivity contribution is -0.144. The lowest BCUT2D eigenvalue weighted by atomic mass is 10.2. The maximum absolute atomic E-state index is 12.3. The molecule has 0 bridgehead atoms. The first-order chi connectivity index (χ1) is 12.9. The molecule has 2 aromatic rings. The van der Waals surface area contributed by atoms with Gasteiger partial charge in [-0.15, -0.1) is 0 Å². The molecule has 1 aromatic carbocycles. The molecule has 0 N–H and O–H groups in total. The van der Waals surface area contributed by atoms with Gasteiger partial charge in [0, 0.05) is 12.8 Å². The van der Waals surface area contributed by atoms with Crippen molar-refractivity contribution in [2.75, 3.05) is 13.2 Å². The summed E-state index contributed by atoms with van der Waals surface area (Å²) >= 11 is 1.27. The molecular weight excluding hydrogens is 370 g/mol. The molecule has 0 unspecified atom stereocenters. The van der Waals surface area contributed by atoms with Crippen LogP contribution >= 0.6 is 11.3 Å². The van der Waals surface area contributed by atoms with E-state index < -0.39 is 11.9 Å². The van der Waals surface area contributed by atoms with Gasteiger partial charge < -0.3 is 9.30 Å². The molecule has 27 heavy (non-hydrogen) atoms. The molecule has 142 valence electrons. The monoisotopic (exact) mass is 389 g/mol. The Bertz CT molecular complexity index is 988. The van der Waals surface area contributed by atoms with E-state index in [1.54, 1.807) is 11.5 Å². The zero-order valence-electron chi connectivity index (χ0n) is 15.1. The van der Waals surface area contributed by atoms with Gasteiger partial charge in [0.1, 0.15) is 13.1 Å². The fraction of sp³-hybridized carbons (Fsp3) is 0.389. The number of aromatic nitrogens is 1. The maximum Gasteiger partial charge on any atom is 0.326 e. The summed E-state index contributed by atoms with van der Waals surface area (Å²) in [5.41, 5.74) is 1.74. The topological polar surface area (TPSA) is 98.0 Å². The number of aryl methyl sites for hydroxylation is 1. The first kappa shape index (κ1) is 19.0. The van der Waals surface area contributed by atoms with Crippen molar-refractivity contribution in [1.29, 1.82) is 0 Å². The highest BCUT2D eigenvalue weighted by Gasteiger charge is 2.30. The Kier molecular flexibility index (Phi) is 5.50. The van der Waals surface area contributed by atoms with E-state index in [0.29, 0.717) is 4.80 Å². The summed E-state index contributed by atoms with van der Waals surface area (Å²) in [4.78, 5) is 53.1. The summed E-state index contributed by atoms with van der Waals surface area (Å²) in [6.45, 7) is 3.42.